The van der Waals surface area contributed by atoms with Crippen molar-refractivity contribution in [3.63, 3.8) is 0 Å². The number of carbonyl (C=O) groups excluding carboxylic acids is 1. The van der Waals surface area contributed by atoms with Gasteiger partial charge >= 0.3 is 0 Å². The minimum atomic E-state index is 0. The maximum absolute atomic E-state index is 11.7. The Morgan fingerprint density at radius 2 is 2.20 bits per heavy atom. The molecule has 1 aromatic rings. The molecule has 0 unspecified atom stereocenters. The van der Waals surface area contributed by atoms with Crippen LogP contribution in [0.2, 0.25) is 0 Å². The average Bonchev–Trinajstić information content (AvgIpc) is 2.40. The number of hydrogen-bond donors (Lipinski definition) is 0. The second-order valence-corrected chi connectivity index (χ2v) is 5.32. The van der Waals surface area contributed by atoms with Gasteiger partial charge in [0.1, 0.15) is 11.7 Å². The Morgan fingerprint density at radius 3 is 2.85 bits per heavy atom. The molecule has 1 radical (unpaired) electrons. The van der Waals surface area contributed by atoms with E-state index in [4.69, 9.17) is 4.74 Å². The monoisotopic (exact) mass is 365 g/mol. The molecular formula is C15H18NO2SY-. The summed E-state index contributed by atoms with van der Waals surface area (Å²) in [5, 5.41) is 0. The van der Waals surface area contributed by atoms with Crippen LogP contribution in [0.15, 0.2) is 18.2 Å². The summed E-state index contributed by atoms with van der Waals surface area (Å²) in [6.07, 6.45) is 6.55. The van der Waals surface area contributed by atoms with Gasteiger partial charge in [-0.05, 0) is 18.4 Å². The standard InChI is InChI=1S/C15H18NO2S.Y/c1-11-9-12(18-10-19-3)7-8-13(11)14-5-4-6-15(17)16(14)2;/h7-9H,4,6,10H2,1-3H3;/q-1;. The van der Waals surface area contributed by atoms with Gasteiger partial charge < -0.3 is 9.64 Å². The van der Waals surface area contributed by atoms with E-state index in [1.54, 1.807) is 23.7 Å². The Bertz CT molecular complexity index is 517. The molecule has 0 saturated carbocycles. The maximum atomic E-state index is 11.7. The van der Waals surface area contributed by atoms with E-state index < -0.39 is 0 Å². The first-order valence-corrected chi connectivity index (χ1v) is 7.63. The van der Waals surface area contributed by atoms with Crippen molar-refractivity contribution < 1.29 is 42.2 Å². The van der Waals surface area contributed by atoms with Crippen LogP contribution in [0, 0.1) is 13.0 Å². The van der Waals surface area contributed by atoms with E-state index in [9.17, 15) is 4.79 Å². The van der Waals surface area contributed by atoms with Crippen LogP contribution in [0.4, 0.5) is 0 Å². The van der Waals surface area contributed by atoms with Gasteiger partial charge in [-0.2, -0.15) is 0 Å². The van der Waals surface area contributed by atoms with E-state index in [0.717, 1.165) is 22.6 Å². The molecule has 0 atom stereocenters. The fraction of sp³-hybridized carbons (Fsp3) is 0.400. The number of benzene rings is 1. The second kappa shape index (κ2) is 8.21. The third-order valence-corrected chi connectivity index (χ3v) is 3.49. The van der Waals surface area contributed by atoms with Gasteiger partial charge in [0.2, 0.25) is 5.91 Å². The van der Waals surface area contributed by atoms with E-state index in [1.165, 1.54) is 0 Å². The van der Waals surface area contributed by atoms with Crippen LogP contribution in [0.25, 0.3) is 5.70 Å². The molecule has 5 heteroatoms. The normalized spacial score (nSPS) is 14.7. The number of nitrogens with zero attached hydrogens (tertiary/aromatic N) is 1. The van der Waals surface area contributed by atoms with Crippen LogP contribution in [0.3, 0.4) is 0 Å². The molecule has 1 aromatic carbocycles. The molecular weight excluding hydrogens is 347 g/mol. The number of ether oxygens (including phenoxy) is 1. The fourth-order valence-corrected chi connectivity index (χ4v) is 2.35. The van der Waals surface area contributed by atoms with Crippen LogP contribution < -0.4 is 4.74 Å². The van der Waals surface area contributed by atoms with Crippen LogP contribution in [0.5, 0.6) is 5.75 Å². The minimum absolute atomic E-state index is 0. The number of thioether (sulfide) groups is 1. The summed E-state index contributed by atoms with van der Waals surface area (Å²) in [5.74, 6) is 1.66. The zero-order chi connectivity index (χ0) is 13.8. The molecule has 0 spiro atoms. The number of aryl methyl sites for hydroxylation is 1. The molecule has 20 heavy (non-hydrogen) atoms. The maximum Gasteiger partial charge on any atom is 0.222 e. The number of carbonyl (C=O) groups is 1. The molecule has 2 rings (SSSR count). The van der Waals surface area contributed by atoms with Crippen molar-refractivity contribution in [1.29, 1.82) is 0 Å². The van der Waals surface area contributed by atoms with Crippen molar-refractivity contribution in [3.8, 4) is 5.75 Å². The first-order chi connectivity index (χ1) is 9.13. The molecule has 1 heterocycles. The Morgan fingerprint density at radius 1 is 1.45 bits per heavy atom. The second-order valence-electron chi connectivity index (χ2n) is 4.51. The summed E-state index contributed by atoms with van der Waals surface area (Å²) < 4.78 is 5.58. The van der Waals surface area contributed by atoms with E-state index in [2.05, 4.69) is 6.08 Å². The summed E-state index contributed by atoms with van der Waals surface area (Å²) in [6, 6.07) is 5.95. The summed E-state index contributed by atoms with van der Waals surface area (Å²) in [5.41, 5.74) is 3.03. The Balaban J connectivity index is 0.00000200. The largest absolute Gasteiger partial charge is 0.483 e. The third-order valence-electron chi connectivity index (χ3n) is 3.14. The summed E-state index contributed by atoms with van der Waals surface area (Å²) in [7, 11) is 1.81. The van der Waals surface area contributed by atoms with Gasteiger partial charge in [-0.1, -0.05) is 6.92 Å². The molecule has 0 bridgehead atoms. The number of allylic oxidation sites excluding steroid dienone is 1. The number of hydrogen-bond acceptors (Lipinski definition) is 3. The molecule has 1 amide bonds. The van der Waals surface area contributed by atoms with Crippen molar-refractivity contribution in [2.24, 2.45) is 0 Å². The Labute approximate surface area is 150 Å². The van der Waals surface area contributed by atoms with Crippen molar-refractivity contribution in [1.82, 2.24) is 4.90 Å². The van der Waals surface area contributed by atoms with Gasteiger partial charge in [-0.3, -0.25) is 4.79 Å². The van der Waals surface area contributed by atoms with Crippen LogP contribution in [-0.2, 0) is 37.5 Å². The summed E-state index contributed by atoms with van der Waals surface area (Å²) in [4.78, 5) is 13.4. The van der Waals surface area contributed by atoms with Crippen molar-refractivity contribution >= 4 is 23.4 Å². The van der Waals surface area contributed by atoms with Crippen LogP contribution >= 0.6 is 11.8 Å². The fourth-order valence-electron chi connectivity index (χ4n) is 2.09. The van der Waals surface area contributed by atoms with E-state index >= 15 is 0 Å². The van der Waals surface area contributed by atoms with Gasteiger partial charge in [0, 0.05) is 46.2 Å². The van der Waals surface area contributed by atoms with Crippen LogP contribution in [-0.4, -0.2) is 30.0 Å². The molecule has 1 aliphatic heterocycles. The number of rotatable bonds is 4. The Hall–Kier alpha value is -0.316. The SMILES string of the molecule is CSCOc1ccc(C2=[C-]CCC(=O)N2C)c(C)c1.[Y]. The first-order valence-electron chi connectivity index (χ1n) is 6.23. The van der Waals surface area contributed by atoms with E-state index in [1.807, 2.05) is 31.4 Å². The smallest absolute Gasteiger partial charge is 0.222 e. The molecule has 0 N–H and O–H groups in total. The summed E-state index contributed by atoms with van der Waals surface area (Å²) in [6.45, 7) is 2.03. The molecule has 105 valence electrons. The Kier molecular flexibility index (Phi) is 7.28. The van der Waals surface area contributed by atoms with Gasteiger partial charge in [-0.25, -0.2) is 6.08 Å². The van der Waals surface area contributed by atoms with E-state index in [-0.39, 0.29) is 38.6 Å². The van der Waals surface area contributed by atoms with E-state index in [0.29, 0.717) is 18.8 Å². The van der Waals surface area contributed by atoms with Gasteiger partial charge in [-0.15, -0.1) is 41.1 Å². The molecule has 0 aromatic heterocycles. The molecule has 1 aliphatic rings. The van der Waals surface area contributed by atoms with Gasteiger partial charge in [0.25, 0.3) is 0 Å². The molecule has 0 saturated heterocycles. The third kappa shape index (κ3) is 4.09. The topological polar surface area (TPSA) is 29.5 Å². The van der Waals surface area contributed by atoms with Crippen molar-refractivity contribution in [2.45, 2.75) is 19.8 Å². The van der Waals surface area contributed by atoms with Gasteiger partial charge in [0.15, 0.2) is 0 Å². The van der Waals surface area contributed by atoms with Crippen LogP contribution in [0.1, 0.15) is 24.0 Å². The predicted octanol–water partition coefficient (Wildman–Crippen LogP) is 3.09. The molecule has 0 fully saturated rings. The summed E-state index contributed by atoms with van der Waals surface area (Å²) >= 11 is 1.64. The quantitative estimate of drug-likeness (QED) is 0.607. The zero-order valence-electron chi connectivity index (χ0n) is 12.1. The first kappa shape index (κ1) is 17.7. The molecule has 0 aliphatic carbocycles. The zero-order valence-corrected chi connectivity index (χ0v) is 15.8. The van der Waals surface area contributed by atoms with Crippen molar-refractivity contribution in [3.05, 3.63) is 35.4 Å². The van der Waals surface area contributed by atoms with Crippen molar-refractivity contribution in [2.75, 3.05) is 19.2 Å². The molecule has 3 nitrogen and oxygen atoms in total. The van der Waals surface area contributed by atoms with Gasteiger partial charge in [0.05, 0.1) is 0 Å². The average molecular weight is 365 g/mol. The predicted molar refractivity (Wildman–Crippen MR) is 78.8 cm³/mol. The minimum Gasteiger partial charge on any atom is -0.483 e. The number of amides is 1.